The lowest BCUT2D eigenvalue weighted by molar-refractivity contribution is -0.384. The van der Waals surface area contributed by atoms with Crippen LogP contribution in [0.3, 0.4) is 0 Å². The van der Waals surface area contributed by atoms with Gasteiger partial charge in [-0.05, 0) is 54.3 Å². The van der Waals surface area contributed by atoms with Gasteiger partial charge in [0.05, 0.1) is 12.0 Å². The van der Waals surface area contributed by atoms with Gasteiger partial charge in [-0.15, -0.1) is 0 Å². The Morgan fingerprint density at radius 2 is 1.55 bits per heavy atom. The van der Waals surface area contributed by atoms with Gasteiger partial charge in [-0.25, -0.2) is 0 Å². The van der Waals surface area contributed by atoms with Crippen molar-refractivity contribution in [3.63, 3.8) is 0 Å². The highest BCUT2D eigenvalue weighted by molar-refractivity contribution is 6.25. The van der Waals surface area contributed by atoms with E-state index in [1.807, 2.05) is 12.1 Å². The highest BCUT2D eigenvalue weighted by Gasteiger charge is 2.32. The molecule has 1 aliphatic heterocycles. The van der Waals surface area contributed by atoms with Gasteiger partial charge in [-0.3, -0.25) is 29.4 Å². The molecule has 4 aromatic rings. The van der Waals surface area contributed by atoms with E-state index in [1.165, 1.54) is 41.2 Å². The fraction of sp³-hybridized carbons (Fsp3) is 0.138. The number of hydrogen-bond donors (Lipinski definition) is 0. The Morgan fingerprint density at radius 1 is 0.921 bits per heavy atom. The number of nitro benzene ring substituents is 1. The average Bonchev–Trinajstić information content (AvgIpc) is 2.95. The molecule has 5 rings (SSSR count). The van der Waals surface area contributed by atoms with E-state index in [0.717, 1.165) is 5.39 Å². The first-order valence-electron chi connectivity index (χ1n) is 12.0. The number of hydrogen-bond acceptors (Lipinski definition) is 6. The number of carbonyl (C=O) groups excluding carboxylic acids is 3. The number of benzene rings is 4. The molecule has 0 saturated carbocycles. The number of imide groups is 1. The second kappa shape index (κ2) is 10.1. The number of rotatable bonds is 8. The van der Waals surface area contributed by atoms with Crippen molar-refractivity contribution >= 4 is 39.9 Å². The Morgan fingerprint density at radius 3 is 2.16 bits per heavy atom. The monoisotopic (exact) mass is 509 g/mol. The number of nitrogens with zero attached hydrogens (tertiary/aromatic N) is 3. The second-order valence-electron chi connectivity index (χ2n) is 8.79. The van der Waals surface area contributed by atoms with E-state index < -0.39 is 10.8 Å². The van der Waals surface area contributed by atoms with Gasteiger partial charge in [0.2, 0.25) is 0 Å². The number of non-ortho nitro benzene ring substituents is 1. The molecule has 0 atom stereocenters. The standard InChI is InChI=1S/C29H23N3O6/c1-38-23-14-12-21(13-15-23)30(27(33)20-8-2-9-22(18-20)32(36)37)16-5-17-31-28(34)24-10-3-6-19-7-4-11-25(26(19)24)29(31)35/h2-4,6-15,18H,5,16-17H2,1H3. The van der Waals surface area contributed by atoms with Crippen LogP contribution in [0.2, 0.25) is 0 Å². The third-order valence-corrected chi connectivity index (χ3v) is 6.55. The van der Waals surface area contributed by atoms with Gasteiger partial charge < -0.3 is 9.64 Å². The molecule has 0 bridgehead atoms. The third kappa shape index (κ3) is 4.45. The summed E-state index contributed by atoms with van der Waals surface area (Å²) in [5.74, 6) is -0.584. The summed E-state index contributed by atoms with van der Waals surface area (Å²) in [5, 5.41) is 12.7. The van der Waals surface area contributed by atoms with Gasteiger partial charge >= 0.3 is 0 Å². The number of ether oxygens (including phenoxy) is 1. The SMILES string of the molecule is COc1ccc(N(CCCN2C(=O)c3cccc4cccc(c34)C2=O)C(=O)c2cccc([N+](=O)[O-])c2)cc1. The van der Waals surface area contributed by atoms with Gasteiger partial charge in [-0.1, -0.05) is 30.3 Å². The fourth-order valence-electron chi connectivity index (χ4n) is 4.69. The predicted molar refractivity (Wildman–Crippen MR) is 142 cm³/mol. The molecular formula is C29H23N3O6. The highest BCUT2D eigenvalue weighted by atomic mass is 16.6. The fourth-order valence-corrected chi connectivity index (χ4v) is 4.69. The second-order valence-corrected chi connectivity index (χ2v) is 8.79. The zero-order valence-electron chi connectivity index (χ0n) is 20.5. The van der Waals surface area contributed by atoms with Crippen LogP contribution >= 0.6 is 0 Å². The van der Waals surface area contributed by atoms with E-state index in [-0.39, 0.29) is 36.2 Å². The number of methoxy groups -OCH3 is 1. The van der Waals surface area contributed by atoms with Crippen molar-refractivity contribution in [2.24, 2.45) is 0 Å². The van der Waals surface area contributed by atoms with Gasteiger partial charge in [0.15, 0.2) is 0 Å². The summed E-state index contributed by atoms with van der Waals surface area (Å²) in [5.41, 5.74) is 1.45. The molecule has 0 fully saturated rings. The summed E-state index contributed by atoms with van der Waals surface area (Å²) in [6.07, 6.45) is 0.294. The maximum Gasteiger partial charge on any atom is 0.270 e. The van der Waals surface area contributed by atoms with E-state index in [4.69, 9.17) is 4.74 Å². The molecule has 1 aliphatic rings. The van der Waals surface area contributed by atoms with Crippen LogP contribution in [0.4, 0.5) is 11.4 Å². The van der Waals surface area contributed by atoms with Crippen molar-refractivity contribution < 1.29 is 24.0 Å². The maximum absolute atomic E-state index is 13.5. The molecule has 9 nitrogen and oxygen atoms in total. The Labute approximate surface area is 218 Å². The summed E-state index contributed by atoms with van der Waals surface area (Å²) in [6.45, 7) is 0.258. The average molecular weight is 510 g/mol. The summed E-state index contributed by atoms with van der Waals surface area (Å²) >= 11 is 0. The Balaban J connectivity index is 1.40. The van der Waals surface area contributed by atoms with E-state index in [9.17, 15) is 24.5 Å². The molecule has 0 spiro atoms. The molecule has 9 heteroatoms. The van der Waals surface area contributed by atoms with Crippen molar-refractivity contribution in [2.75, 3.05) is 25.1 Å². The van der Waals surface area contributed by atoms with Crippen LogP contribution in [0.25, 0.3) is 10.8 Å². The zero-order valence-corrected chi connectivity index (χ0v) is 20.5. The lowest BCUT2D eigenvalue weighted by atomic mass is 9.94. The van der Waals surface area contributed by atoms with Crippen molar-refractivity contribution in [3.05, 3.63) is 112 Å². The minimum absolute atomic E-state index is 0.0945. The van der Waals surface area contributed by atoms with Crippen LogP contribution in [-0.2, 0) is 0 Å². The molecule has 0 saturated heterocycles. The molecule has 0 N–H and O–H groups in total. The topological polar surface area (TPSA) is 110 Å². The lowest BCUT2D eigenvalue weighted by Gasteiger charge is -2.29. The first kappa shape index (κ1) is 24.6. The van der Waals surface area contributed by atoms with Crippen LogP contribution in [0.5, 0.6) is 5.75 Å². The normalized spacial score (nSPS) is 12.5. The third-order valence-electron chi connectivity index (χ3n) is 6.55. The van der Waals surface area contributed by atoms with Crippen LogP contribution in [0.1, 0.15) is 37.5 Å². The molecule has 3 amide bonds. The first-order valence-corrected chi connectivity index (χ1v) is 12.0. The number of amides is 3. The molecule has 38 heavy (non-hydrogen) atoms. The molecule has 4 aromatic carbocycles. The molecule has 1 heterocycles. The summed E-state index contributed by atoms with van der Waals surface area (Å²) in [6, 6.07) is 23.1. The lowest BCUT2D eigenvalue weighted by Crippen LogP contribution is -2.42. The smallest absolute Gasteiger partial charge is 0.270 e. The van der Waals surface area contributed by atoms with Crippen LogP contribution in [0, 0.1) is 10.1 Å². The first-order chi connectivity index (χ1) is 18.4. The Bertz CT molecular complexity index is 1530. The molecule has 0 unspecified atom stereocenters. The number of nitro groups is 1. The predicted octanol–water partition coefficient (Wildman–Crippen LogP) is 5.09. The Hall–Kier alpha value is -5.05. The van der Waals surface area contributed by atoms with Crippen LogP contribution in [0.15, 0.2) is 84.9 Å². The van der Waals surface area contributed by atoms with Crippen LogP contribution < -0.4 is 9.64 Å². The van der Waals surface area contributed by atoms with Crippen molar-refractivity contribution in [1.82, 2.24) is 4.90 Å². The van der Waals surface area contributed by atoms with Gasteiger partial charge in [0, 0.05) is 53.0 Å². The summed E-state index contributed by atoms with van der Waals surface area (Å²) in [4.78, 5) is 53.3. The van der Waals surface area contributed by atoms with Crippen LogP contribution in [-0.4, -0.2) is 47.7 Å². The molecular weight excluding hydrogens is 486 g/mol. The Kier molecular flexibility index (Phi) is 6.57. The molecule has 190 valence electrons. The molecule has 0 aliphatic carbocycles. The summed E-state index contributed by atoms with van der Waals surface area (Å²) in [7, 11) is 1.53. The van der Waals surface area contributed by atoms with Gasteiger partial charge in [0.1, 0.15) is 5.75 Å². The van der Waals surface area contributed by atoms with Crippen molar-refractivity contribution in [2.45, 2.75) is 6.42 Å². The molecule has 0 aromatic heterocycles. The maximum atomic E-state index is 13.5. The van der Waals surface area contributed by atoms with Crippen molar-refractivity contribution in [1.29, 1.82) is 0 Å². The number of carbonyl (C=O) groups is 3. The zero-order chi connectivity index (χ0) is 26.8. The van der Waals surface area contributed by atoms with E-state index >= 15 is 0 Å². The minimum atomic E-state index is -0.555. The van der Waals surface area contributed by atoms with E-state index in [2.05, 4.69) is 0 Å². The molecule has 0 radical (unpaired) electrons. The largest absolute Gasteiger partial charge is 0.497 e. The minimum Gasteiger partial charge on any atom is -0.497 e. The van der Waals surface area contributed by atoms with Gasteiger partial charge in [-0.2, -0.15) is 0 Å². The van der Waals surface area contributed by atoms with E-state index in [0.29, 0.717) is 34.4 Å². The summed E-state index contributed by atoms with van der Waals surface area (Å²) < 4.78 is 5.21. The van der Waals surface area contributed by atoms with Gasteiger partial charge in [0.25, 0.3) is 23.4 Å². The van der Waals surface area contributed by atoms with Crippen molar-refractivity contribution in [3.8, 4) is 5.75 Å². The quantitative estimate of drug-likeness (QED) is 0.186. The highest BCUT2D eigenvalue weighted by Crippen LogP contribution is 2.30. The number of anilines is 1. The van der Waals surface area contributed by atoms with E-state index in [1.54, 1.807) is 48.5 Å².